The lowest BCUT2D eigenvalue weighted by Gasteiger charge is -2.31. The molecule has 0 unspecified atom stereocenters. The second-order valence-electron chi connectivity index (χ2n) is 4.64. The minimum atomic E-state index is -0.652. The number of hydrogen-bond donors (Lipinski definition) is 2. The molecule has 6 heteroatoms. The van der Waals surface area contributed by atoms with Crippen LogP contribution in [0.1, 0.15) is 32.1 Å². The summed E-state index contributed by atoms with van der Waals surface area (Å²) < 4.78 is 1.68. The summed E-state index contributed by atoms with van der Waals surface area (Å²) in [5.41, 5.74) is 5.46. The molecule has 0 radical (unpaired) electrons. The van der Waals surface area contributed by atoms with Gasteiger partial charge in [0.1, 0.15) is 0 Å². The van der Waals surface area contributed by atoms with E-state index in [1.807, 2.05) is 0 Å². The molecule has 0 aromatic carbocycles. The van der Waals surface area contributed by atoms with E-state index in [9.17, 15) is 4.79 Å². The van der Waals surface area contributed by atoms with Crippen LogP contribution in [-0.4, -0.2) is 33.0 Å². The molecule has 1 aromatic rings. The Morgan fingerprint density at radius 3 is 2.82 bits per heavy atom. The van der Waals surface area contributed by atoms with E-state index in [2.05, 4.69) is 15.6 Å². The van der Waals surface area contributed by atoms with E-state index in [0.29, 0.717) is 13.1 Å². The molecule has 0 aliphatic heterocycles. The minimum absolute atomic E-state index is 0.0303. The van der Waals surface area contributed by atoms with E-state index >= 15 is 0 Å². The van der Waals surface area contributed by atoms with Gasteiger partial charge < -0.3 is 11.1 Å². The predicted molar refractivity (Wildman–Crippen MR) is 63.0 cm³/mol. The van der Waals surface area contributed by atoms with Crippen LogP contribution in [0.5, 0.6) is 0 Å². The van der Waals surface area contributed by atoms with Crippen LogP contribution >= 0.6 is 0 Å². The first-order valence-corrected chi connectivity index (χ1v) is 6.12. The van der Waals surface area contributed by atoms with Crippen molar-refractivity contribution in [1.82, 2.24) is 20.3 Å². The number of nitrogens with two attached hydrogens (primary N) is 1. The van der Waals surface area contributed by atoms with Crippen LogP contribution in [0, 0.1) is 0 Å². The van der Waals surface area contributed by atoms with Crippen molar-refractivity contribution in [3.8, 4) is 0 Å². The van der Waals surface area contributed by atoms with Gasteiger partial charge in [-0.15, -0.1) is 5.10 Å². The fourth-order valence-electron chi connectivity index (χ4n) is 2.22. The lowest BCUT2D eigenvalue weighted by molar-refractivity contribution is -0.127. The van der Waals surface area contributed by atoms with E-state index in [1.165, 1.54) is 6.42 Å². The van der Waals surface area contributed by atoms with Crippen LogP contribution in [0.3, 0.4) is 0 Å². The normalized spacial score (nSPS) is 18.9. The second kappa shape index (κ2) is 5.27. The Morgan fingerprint density at radius 1 is 1.41 bits per heavy atom. The topological polar surface area (TPSA) is 85.8 Å². The summed E-state index contributed by atoms with van der Waals surface area (Å²) in [5.74, 6) is -0.0303. The first kappa shape index (κ1) is 12.0. The van der Waals surface area contributed by atoms with Crippen molar-refractivity contribution in [3.63, 3.8) is 0 Å². The van der Waals surface area contributed by atoms with E-state index in [0.717, 1.165) is 25.7 Å². The maximum atomic E-state index is 12.0. The summed E-state index contributed by atoms with van der Waals surface area (Å²) in [6, 6.07) is 0. The molecule has 17 heavy (non-hydrogen) atoms. The van der Waals surface area contributed by atoms with Crippen molar-refractivity contribution < 1.29 is 4.79 Å². The van der Waals surface area contributed by atoms with Gasteiger partial charge in [0.25, 0.3) is 0 Å². The van der Waals surface area contributed by atoms with Gasteiger partial charge in [0.15, 0.2) is 0 Å². The Balaban J connectivity index is 1.76. The van der Waals surface area contributed by atoms with E-state index in [4.69, 9.17) is 5.73 Å². The highest BCUT2D eigenvalue weighted by Crippen LogP contribution is 2.25. The lowest BCUT2D eigenvalue weighted by atomic mass is 9.82. The largest absolute Gasteiger partial charge is 0.353 e. The second-order valence-corrected chi connectivity index (χ2v) is 4.64. The van der Waals surface area contributed by atoms with Crippen LogP contribution in [-0.2, 0) is 11.3 Å². The molecule has 0 bridgehead atoms. The molecule has 6 nitrogen and oxygen atoms in total. The Kier molecular flexibility index (Phi) is 3.73. The van der Waals surface area contributed by atoms with Gasteiger partial charge in [-0.05, 0) is 12.8 Å². The highest BCUT2D eigenvalue weighted by Gasteiger charge is 2.34. The number of nitrogens with one attached hydrogen (secondary N) is 1. The molecule has 1 aliphatic rings. The van der Waals surface area contributed by atoms with Crippen LogP contribution in [0.2, 0.25) is 0 Å². The number of rotatable bonds is 4. The molecule has 1 heterocycles. The van der Waals surface area contributed by atoms with Crippen molar-refractivity contribution in [3.05, 3.63) is 12.4 Å². The number of amides is 1. The zero-order valence-corrected chi connectivity index (χ0v) is 9.93. The molecular weight excluding hydrogens is 218 g/mol. The minimum Gasteiger partial charge on any atom is -0.353 e. The fraction of sp³-hybridized carbons (Fsp3) is 0.727. The third-order valence-corrected chi connectivity index (χ3v) is 3.30. The van der Waals surface area contributed by atoms with Gasteiger partial charge in [0.2, 0.25) is 5.91 Å². The summed E-state index contributed by atoms with van der Waals surface area (Å²) >= 11 is 0. The smallest absolute Gasteiger partial charge is 0.240 e. The van der Waals surface area contributed by atoms with Crippen molar-refractivity contribution in [1.29, 1.82) is 0 Å². The van der Waals surface area contributed by atoms with Gasteiger partial charge in [-0.2, -0.15) is 0 Å². The Morgan fingerprint density at radius 2 is 2.18 bits per heavy atom. The monoisotopic (exact) mass is 237 g/mol. The molecule has 1 aromatic heterocycles. The summed E-state index contributed by atoms with van der Waals surface area (Å²) in [5, 5.41) is 10.4. The SMILES string of the molecule is NC1(C(=O)NCCn2ccnn2)CCCCC1. The zero-order chi connectivity index (χ0) is 12.1. The maximum Gasteiger partial charge on any atom is 0.240 e. The van der Waals surface area contributed by atoms with Gasteiger partial charge in [0.05, 0.1) is 18.3 Å². The van der Waals surface area contributed by atoms with Crippen molar-refractivity contribution in [2.24, 2.45) is 5.73 Å². The summed E-state index contributed by atoms with van der Waals surface area (Å²) in [6.45, 7) is 1.17. The summed E-state index contributed by atoms with van der Waals surface area (Å²) in [7, 11) is 0. The standard InChI is InChI=1S/C11H19N5O/c12-11(4-2-1-3-5-11)10(17)13-6-8-16-9-7-14-15-16/h7,9H,1-6,8,12H2,(H,13,17). The van der Waals surface area contributed by atoms with E-state index < -0.39 is 5.54 Å². The van der Waals surface area contributed by atoms with Crippen LogP contribution in [0.25, 0.3) is 0 Å². The third kappa shape index (κ3) is 3.03. The van der Waals surface area contributed by atoms with Gasteiger partial charge >= 0.3 is 0 Å². The molecule has 1 saturated carbocycles. The molecule has 94 valence electrons. The first-order valence-electron chi connectivity index (χ1n) is 6.12. The predicted octanol–water partition coefficient (Wildman–Crippen LogP) is 0.0559. The number of nitrogens with zero attached hydrogens (tertiary/aromatic N) is 3. The number of aromatic nitrogens is 3. The molecule has 2 rings (SSSR count). The van der Waals surface area contributed by atoms with Gasteiger partial charge in [-0.1, -0.05) is 24.5 Å². The number of hydrogen-bond acceptors (Lipinski definition) is 4. The van der Waals surface area contributed by atoms with Crippen molar-refractivity contribution in [2.75, 3.05) is 6.54 Å². The molecule has 0 spiro atoms. The third-order valence-electron chi connectivity index (χ3n) is 3.30. The Bertz CT molecular complexity index is 356. The highest BCUT2D eigenvalue weighted by molar-refractivity contribution is 5.86. The fourth-order valence-corrected chi connectivity index (χ4v) is 2.22. The van der Waals surface area contributed by atoms with Crippen LogP contribution in [0.4, 0.5) is 0 Å². The van der Waals surface area contributed by atoms with E-state index in [1.54, 1.807) is 17.1 Å². The molecule has 3 N–H and O–H groups in total. The number of carbonyl (C=O) groups excluding carboxylic acids is 1. The van der Waals surface area contributed by atoms with Crippen LogP contribution < -0.4 is 11.1 Å². The summed E-state index contributed by atoms with van der Waals surface area (Å²) in [6.07, 6.45) is 8.26. The summed E-state index contributed by atoms with van der Waals surface area (Å²) in [4.78, 5) is 12.0. The van der Waals surface area contributed by atoms with Gasteiger partial charge in [-0.3, -0.25) is 9.48 Å². The molecule has 1 fully saturated rings. The van der Waals surface area contributed by atoms with Crippen LogP contribution in [0.15, 0.2) is 12.4 Å². The number of carbonyl (C=O) groups is 1. The molecule has 0 atom stereocenters. The molecule has 1 aliphatic carbocycles. The van der Waals surface area contributed by atoms with Gasteiger partial charge in [0, 0.05) is 12.7 Å². The molecule has 1 amide bonds. The average Bonchev–Trinajstić information content (AvgIpc) is 2.83. The lowest BCUT2D eigenvalue weighted by Crippen LogP contribution is -2.55. The quantitative estimate of drug-likeness (QED) is 0.775. The average molecular weight is 237 g/mol. The highest BCUT2D eigenvalue weighted by atomic mass is 16.2. The van der Waals surface area contributed by atoms with Crippen molar-refractivity contribution in [2.45, 2.75) is 44.2 Å². The van der Waals surface area contributed by atoms with E-state index in [-0.39, 0.29) is 5.91 Å². The Hall–Kier alpha value is -1.43. The first-order chi connectivity index (χ1) is 8.21. The Labute approximate surface area is 101 Å². The zero-order valence-electron chi connectivity index (χ0n) is 9.93. The van der Waals surface area contributed by atoms with Gasteiger partial charge in [-0.25, -0.2) is 0 Å². The maximum absolute atomic E-state index is 12.0. The molecular formula is C11H19N5O. The van der Waals surface area contributed by atoms with Crippen molar-refractivity contribution >= 4 is 5.91 Å². The molecule has 0 saturated heterocycles.